The van der Waals surface area contributed by atoms with Crippen molar-refractivity contribution in [1.82, 2.24) is 0 Å². The van der Waals surface area contributed by atoms with Gasteiger partial charge >= 0.3 is 0 Å². The van der Waals surface area contributed by atoms with Crippen LogP contribution in [-0.4, -0.2) is 28.7 Å². The van der Waals surface area contributed by atoms with Crippen molar-refractivity contribution in [3.05, 3.63) is 0 Å². The van der Waals surface area contributed by atoms with Crippen molar-refractivity contribution in [3.63, 3.8) is 0 Å². The number of carbonyl (C=O) groups is 1. The van der Waals surface area contributed by atoms with Crippen LogP contribution >= 0.6 is 0 Å². The lowest BCUT2D eigenvalue weighted by Crippen LogP contribution is -2.11. The summed E-state index contributed by atoms with van der Waals surface area (Å²) in [6.07, 6.45) is -0.0390. The van der Waals surface area contributed by atoms with E-state index in [2.05, 4.69) is 0 Å². The third-order valence-electron chi connectivity index (χ3n) is 1.04. The van der Waals surface area contributed by atoms with Gasteiger partial charge in [-0.25, -0.2) is 0 Å². The Kier molecular flexibility index (Phi) is 4.26. The van der Waals surface area contributed by atoms with Crippen LogP contribution in [0.4, 0.5) is 0 Å². The minimum Gasteiger partial charge on any atom is -0.393 e. The molecule has 54 valence electrons. The average Bonchev–Trinajstić information content (AvgIpc) is 1.83. The number of rotatable bonds is 4. The van der Waals surface area contributed by atoms with Gasteiger partial charge in [0.1, 0.15) is 12.4 Å². The molecule has 0 aromatic heterocycles. The smallest absolute Gasteiger partial charge is 0.148 e. The second-order valence-corrected chi connectivity index (χ2v) is 2.13. The fraction of sp³-hybridized carbons (Fsp3) is 0.833. The monoisotopic (exact) mass is 132 g/mol. The summed E-state index contributed by atoms with van der Waals surface area (Å²) < 4.78 is 0. The SMILES string of the molecule is CC(O)CCC(O)C=O. The fourth-order valence-electron chi connectivity index (χ4n) is 0.480. The van der Waals surface area contributed by atoms with E-state index >= 15 is 0 Å². The summed E-state index contributed by atoms with van der Waals surface area (Å²) in [4.78, 5) is 9.79. The number of hydrogen-bond acceptors (Lipinski definition) is 3. The Morgan fingerprint density at radius 1 is 1.44 bits per heavy atom. The van der Waals surface area contributed by atoms with Crippen LogP contribution in [0.3, 0.4) is 0 Å². The van der Waals surface area contributed by atoms with Gasteiger partial charge in [0.25, 0.3) is 0 Å². The number of aliphatic hydroxyl groups is 2. The molecule has 0 radical (unpaired) electrons. The van der Waals surface area contributed by atoms with E-state index in [9.17, 15) is 4.79 Å². The molecule has 0 heterocycles. The van der Waals surface area contributed by atoms with E-state index in [1.54, 1.807) is 6.92 Å². The summed E-state index contributed by atoms with van der Waals surface area (Å²) in [6.45, 7) is 1.62. The zero-order valence-corrected chi connectivity index (χ0v) is 5.45. The second-order valence-electron chi connectivity index (χ2n) is 2.13. The third kappa shape index (κ3) is 5.46. The van der Waals surface area contributed by atoms with Crippen molar-refractivity contribution < 1.29 is 15.0 Å². The van der Waals surface area contributed by atoms with E-state index < -0.39 is 12.2 Å². The first kappa shape index (κ1) is 8.59. The topological polar surface area (TPSA) is 57.5 Å². The lowest BCUT2D eigenvalue weighted by molar-refractivity contribution is -0.115. The Balaban J connectivity index is 3.16. The Morgan fingerprint density at radius 3 is 2.33 bits per heavy atom. The zero-order chi connectivity index (χ0) is 7.28. The van der Waals surface area contributed by atoms with E-state index in [-0.39, 0.29) is 0 Å². The molecule has 0 aromatic carbocycles. The van der Waals surface area contributed by atoms with Gasteiger partial charge in [-0.05, 0) is 19.8 Å². The standard InChI is InChI=1S/C6H12O3/c1-5(8)2-3-6(9)4-7/h4-6,8-9H,2-3H2,1H3. The van der Waals surface area contributed by atoms with Crippen LogP contribution in [0.15, 0.2) is 0 Å². The molecule has 0 fully saturated rings. The Hall–Kier alpha value is -0.410. The van der Waals surface area contributed by atoms with E-state index in [4.69, 9.17) is 10.2 Å². The molecule has 2 N–H and O–H groups in total. The maximum Gasteiger partial charge on any atom is 0.148 e. The zero-order valence-electron chi connectivity index (χ0n) is 5.45. The van der Waals surface area contributed by atoms with Crippen LogP contribution in [0.25, 0.3) is 0 Å². The Bertz CT molecular complexity index is 80.4. The highest BCUT2D eigenvalue weighted by Gasteiger charge is 2.02. The van der Waals surface area contributed by atoms with Crippen LogP contribution in [-0.2, 0) is 4.79 Å². The molecule has 0 amide bonds. The lowest BCUT2D eigenvalue weighted by Gasteiger charge is -2.03. The molecule has 0 aliphatic rings. The van der Waals surface area contributed by atoms with Crippen LogP contribution in [0.2, 0.25) is 0 Å². The molecule has 0 spiro atoms. The maximum atomic E-state index is 9.79. The number of aldehydes is 1. The van der Waals surface area contributed by atoms with E-state index in [1.165, 1.54) is 0 Å². The maximum absolute atomic E-state index is 9.79. The van der Waals surface area contributed by atoms with Gasteiger partial charge in [-0.2, -0.15) is 0 Å². The highest BCUT2D eigenvalue weighted by Crippen LogP contribution is 1.97. The normalized spacial score (nSPS) is 16.8. The molecular formula is C6H12O3. The number of aliphatic hydroxyl groups excluding tert-OH is 2. The van der Waals surface area contributed by atoms with Crippen LogP contribution < -0.4 is 0 Å². The third-order valence-corrected chi connectivity index (χ3v) is 1.04. The molecule has 0 aliphatic heterocycles. The molecular weight excluding hydrogens is 120 g/mol. The summed E-state index contributed by atoms with van der Waals surface area (Å²) >= 11 is 0. The molecule has 3 heteroatoms. The molecule has 0 saturated carbocycles. The molecule has 0 aliphatic carbocycles. The highest BCUT2D eigenvalue weighted by atomic mass is 16.3. The van der Waals surface area contributed by atoms with Crippen molar-refractivity contribution in [1.29, 1.82) is 0 Å². The molecule has 0 rings (SSSR count). The van der Waals surface area contributed by atoms with E-state index in [0.29, 0.717) is 19.1 Å². The summed E-state index contributed by atoms with van der Waals surface area (Å²) in [6, 6.07) is 0. The van der Waals surface area contributed by atoms with Crippen molar-refractivity contribution in [3.8, 4) is 0 Å². The van der Waals surface area contributed by atoms with Gasteiger partial charge in [0, 0.05) is 0 Å². The molecule has 3 nitrogen and oxygen atoms in total. The first-order chi connectivity index (χ1) is 4.16. The van der Waals surface area contributed by atoms with Crippen molar-refractivity contribution in [2.24, 2.45) is 0 Å². The van der Waals surface area contributed by atoms with E-state index in [1.807, 2.05) is 0 Å². The Morgan fingerprint density at radius 2 is 2.00 bits per heavy atom. The summed E-state index contributed by atoms with van der Waals surface area (Å²) in [5.41, 5.74) is 0. The first-order valence-electron chi connectivity index (χ1n) is 2.98. The Labute approximate surface area is 54.3 Å². The largest absolute Gasteiger partial charge is 0.393 e. The minimum atomic E-state index is -0.903. The molecule has 9 heavy (non-hydrogen) atoms. The molecule has 0 aromatic rings. The average molecular weight is 132 g/mol. The first-order valence-corrected chi connectivity index (χ1v) is 2.98. The quantitative estimate of drug-likeness (QED) is 0.517. The predicted molar refractivity (Wildman–Crippen MR) is 33.0 cm³/mol. The molecule has 2 atom stereocenters. The van der Waals surface area contributed by atoms with Gasteiger partial charge in [0.2, 0.25) is 0 Å². The van der Waals surface area contributed by atoms with Crippen LogP contribution in [0, 0.1) is 0 Å². The lowest BCUT2D eigenvalue weighted by atomic mass is 10.1. The minimum absolute atomic E-state index is 0.348. The van der Waals surface area contributed by atoms with Gasteiger partial charge in [0.05, 0.1) is 6.10 Å². The highest BCUT2D eigenvalue weighted by molar-refractivity contribution is 5.55. The molecule has 0 bridgehead atoms. The van der Waals surface area contributed by atoms with Gasteiger partial charge in [-0.3, -0.25) is 0 Å². The summed E-state index contributed by atoms with van der Waals surface area (Å²) in [7, 11) is 0. The van der Waals surface area contributed by atoms with E-state index in [0.717, 1.165) is 0 Å². The van der Waals surface area contributed by atoms with Gasteiger partial charge in [-0.15, -0.1) is 0 Å². The number of hydrogen-bond donors (Lipinski definition) is 2. The van der Waals surface area contributed by atoms with Gasteiger partial charge in [-0.1, -0.05) is 0 Å². The van der Waals surface area contributed by atoms with Crippen molar-refractivity contribution in [2.75, 3.05) is 0 Å². The summed E-state index contributed by atoms with van der Waals surface area (Å²) in [5.74, 6) is 0. The summed E-state index contributed by atoms with van der Waals surface area (Å²) in [5, 5.41) is 17.3. The van der Waals surface area contributed by atoms with Crippen LogP contribution in [0.1, 0.15) is 19.8 Å². The predicted octanol–water partition coefficient (Wildman–Crippen LogP) is -0.293. The van der Waals surface area contributed by atoms with Gasteiger partial charge < -0.3 is 15.0 Å². The molecule has 0 saturated heterocycles. The second kappa shape index (κ2) is 4.47. The van der Waals surface area contributed by atoms with Crippen molar-refractivity contribution in [2.45, 2.75) is 32.0 Å². The van der Waals surface area contributed by atoms with Crippen LogP contribution in [0.5, 0.6) is 0 Å². The number of carbonyl (C=O) groups excluding carboxylic acids is 1. The molecule has 2 unspecified atom stereocenters. The van der Waals surface area contributed by atoms with Crippen molar-refractivity contribution >= 4 is 6.29 Å². The fourth-order valence-corrected chi connectivity index (χ4v) is 0.480. The van der Waals surface area contributed by atoms with Gasteiger partial charge in [0.15, 0.2) is 0 Å².